The summed E-state index contributed by atoms with van der Waals surface area (Å²) >= 11 is 5.89. The highest BCUT2D eigenvalue weighted by Crippen LogP contribution is 2.25. The minimum absolute atomic E-state index is 0.229. The van der Waals surface area contributed by atoms with E-state index in [1.54, 1.807) is 0 Å². The van der Waals surface area contributed by atoms with E-state index in [4.69, 9.17) is 11.6 Å². The first-order valence-electron chi connectivity index (χ1n) is 7.22. The van der Waals surface area contributed by atoms with E-state index in [-0.39, 0.29) is 17.3 Å². The largest absolute Gasteiger partial charge is 0.308 e. The van der Waals surface area contributed by atoms with E-state index in [0.29, 0.717) is 23.2 Å². The molecular weight excluding hydrogens is 306 g/mol. The second-order valence-corrected chi connectivity index (χ2v) is 6.10. The molecule has 0 aliphatic carbocycles. The highest BCUT2D eigenvalue weighted by molar-refractivity contribution is 6.30. The van der Waals surface area contributed by atoms with E-state index >= 15 is 0 Å². The standard InChI is InChI=1S/C17H19ClF2N2/c1-10(2)11(3)21-9-17-15(20)6-7-16(22-17)13-8-12(18)4-5-14(13)19/h4-8,10-11,21H,9H2,1-3H3/t11-/m1/s1. The van der Waals surface area contributed by atoms with Crippen molar-refractivity contribution in [1.82, 2.24) is 10.3 Å². The van der Waals surface area contributed by atoms with Gasteiger partial charge in [0.25, 0.3) is 0 Å². The van der Waals surface area contributed by atoms with E-state index in [1.165, 1.54) is 30.3 Å². The minimum Gasteiger partial charge on any atom is -0.308 e. The molecule has 2 rings (SSSR count). The lowest BCUT2D eigenvalue weighted by Crippen LogP contribution is -2.30. The van der Waals surface area contributed by atoms with E-state index in [9.17, 15) is 8.78 Å². The molecule has 0 bridgehead atoms. The van der Waals surface area contributed by atoms with Crippen LogP contribution in [-0.2, 0) is 6.54 Å². The Bertz CT molecular complexity index is 659. The Kier molecular flexibility index (Phi) is 5.48. The van der Waals surface area contributed by atoms with Crippen LogP contribution in [0.25, 0.3) is 11.3 Å². The van der Waals surface area contributed by atoms with Crippen LogP contribution in [0, 0.1) is 17.6 Å². The predicted molar refractivity (Wildman–Crippen MR) is 85.7 cm³/mol. The first kappa shape index (κ1) is 16.8. The maximum absolute atomic E-state index is 13.9. The minimum atomic E-state index is -0.432. The summed E-state index contributed by atoms with van der Waals surface area (Å²) in [4.78, 5) is 4.24. The van der Waals surface area contributed by atoms with Gasteiger partial charge in [-0.2, -0.15) is 0 Å². The zero-order valence-corrected chi connectivity index (χ0v) is 13.6. The Morgan fingerprint density at radius 3 is 2.45 bits per heavy atom. The van der Waals surface area contributed by atoms with Gasteiger partial charge in [-0.3, -0.25) is 0 Å². The fourth-order valence-electron chi connectivity index (χ4n) is 1.95. The number of pyridine rings is 1. The Labute approximate surface area is 134 Å². The maximum Gasteiger partial charge on any atom is 0.146 e. The SMILES string of the molecule is CC(C)[C@@H](C)NCc1nc(-c2cc(Cl)ccc2F)ccc1F. The molecule has 5 heteroatoms. The van der Waals surface area contributed by atoms with Gasteiger partial charge in [0.2, 0.25) is 0 Å². The molecule has 2 nitrogen and oxygen atoms in total. The molecule has 0 aliphatic rings. The van der Waals surface area contributed by atoms with Crippen LogP contribution in [0.4, 0.5) is 8.78 Å². The molecule has 0 amide bonds. The van der Waals surface area contributed by atoms with Crippen LogP contribution in [0.2, 0.25) is 5.02 Å². The van der Waals surface area contributed by atoms with Crippen molar-refractivity contribution in [3.8, 4) is 11.3 Å². The van der Waals surface area contributed by atoms with Gasteiger partial charge in [0.15, 0.2) is 0 Å². The fourth-order valence-corrected chi connectivity index (χ4v) is 2.12. The second kappa shape index (κ2) is 7.16. The van der Waals surface area contributed by atoms with Crippen molar-refractivity contribution in [3.63, 3.8) is 0 Å². The first-order valence-corrected chi connectivity index (χ1v) is 7.60. The lowest BCUT2D eigenvalue weighted by Gasteiger charge is -2.17. The molecule has 1 aromatic heterocycles. The molecule has 1 aromatic carbocycles. The highest BCUT2D eigenvalue weighted by atomic mass is 35.5. The van der Waals surface area contributed by atoms with Gasteiger partial charge in [-0.15, -0.1) is 0 Å². The molecule has 0 radical (unpaired) electrons. The zero-order chi connectivity index (χ0) is 16.3. The molecule has 1 N–H and O–H groups in total. The zero-order valence-electron chi connectivity index (χ0n) is 12.8. The topological polar surface area (TPSA) is 24.9 Å². The molecule has 22 heavy (non-hydrogen) atoms. The van der Waals surface area contributed by atoms with Crippen molar-refractivity contribution in [3.05, 3.63) is 52.7 Å². The van der Waals surface area contributed by atoms with Crippen LogP contribution in [-0.4, -0.2) is 11.0 Å². The molecule has 0 spiro atoms. The summed E-state index contributed by atoms with van der Waals surface area (Å²) in [5.41, 5.74) is 0.908. The molecule has 118 valence electrons. The van der Waals surface area contributed by atoms with Crippen LogP contribution >= 0.6 is 11.6 Å². The summed E-state index contributed by atoms with van der Waals surface area (Å²) in [6.45, 7) is 6.49. The van der Waals surface area contributed by atoms with Gasteiger partial charge in [0.1, 0.15) is 11.6 Å². The number of halogens is 3. The van der Waals surface area contributed by atoms with E-state index in [1.807, 2.05) is 6.92 Å². The third kappa shape index (κ3) is 4.02. The number of hydrogen-bond donors (Lipinski definition) is 1. The highest BCUT2D eigenvalue weighted by Gasteiger charge is 2.13. The van der Waals surface area contributed by atoms with Crippen LogP contribution in [0.1, 0.15) is 26.5 Å². The van der Waals surface area contributed by atoms with Crippen LogP contribution in [0.3, 0.4) is 0 Å². The third-order valence-corrected chi connectivity index (χ3v) is 3.95. The summed E-state index contributed by atoms with van der Waals surface area (Å²) in [5, 5.41) is 3.63. The molecule has 0 aliphatic heterocycles. The first-order chi connectivity index (χ1) is 10.4. The fraction of sp³-hybridized carbons (Fsp3) is 0.353. The quantitative estimate of drug-likeness (QED) is 0.853. The molecule has 1 heterocycles. The van der Waals surface area contributed by atoms with Crippen LogP contribution < -0.4 is 5.32 Å². The number of nitrogens with one attached hydrogen (secondary N) is 1. The summed E-state index contributed by atoms with van der Waals surface area (Å²) in [6, 6.07) is 7.23. The Hall–Kier alpha value is -1.52. The normalized spacial score (nSPS) is 12.7. The van der Waals surface area contributed by atoms with Crippen molar-refractivity contribution < 1.29 is 8.78 Å². The Morgan fingerprint density at radius 2 is 1.77 bits per heavy atom. The van der Waals surface area contributed by atoms with Gasteiger partial charge in [0.05, 0.1) is 11.4 Å². The average molecular weight is 325 g/mol. The van der Waals surface area contributed by atoms with Gasteiger partial charge >= 0.3 is 0 Å². The van der Waals surface area contributed by atoms with Gasteiger partial charge in [-0.25, -0.2) is 13.8 Å². The number of benzene rings is 1. The van der Waals surface area contributed by atoms with Gasteiger partial charge in [-0.05, 0) is 43.2 Å². The van der Waals surface area contributed by atoms with Crippen molar-refractivity contribution in [2.75, 3.05) is 0 Å². The summed E-state index contributed by atoms with van der Waals surface area (Å²) in [6.07, 6.45) is 0. The monoisotopic (exact) mass is 324 g/mol. The lowest BCUT2D eigenvalue weighted by molar-refractivity contribution is 0.418. The number of nitrogens with zero attached hydrogens (tertiary/aromatic N) is 1. The van der Waals surface area contributed by atoms with E-state index in [0.717, 1.165) is 0 Å². The average Bonchev–Trinajstić information content (AvgIpc) is 2.48. The van der Waals surface area contributed by atoms with Crippen molar-refractivity contribution in [2.24, 2.45) is 5.92 Å². The van der Waals surface area contributed by atoms with E-state index in [2.05, 4.69) is 24.1 Å². The van der Waals surface area contributed by atoms with Crippen LogP contribution in [0.15, 0.2) is 30.3 Å². The molecule has 0 saturated carbocycles. The van der Waals surface area contributed by atoms with Gasteiger partial charge in [0, 0.05) is 23.2 Å². The number of rotatable bonds is 5. The Morgan fingerprint density at radius 1 is 1.09 bits per heavy atom. The van der Waals surface area contributed by atoms with Crippen molar-refractivity contribution in [2.45, 2.75) is 33.4 Å². The van der Waals surface area contributed by atoms with Crippen molar-refractivity contribution >= 4 is 11.6 Å². The smallest absolute Gasteiger partial charge is 0.146 e. The molecule has 0 unspecified atom stereocenters. The summed E-state index contributed by atoms with van der Waals surface area (Å²) in [7, 11) is 0. The summed E-state index contributed by atoms with van der Waals surface area (Å²) in [5.74, 6) is -0.413. The molecule has 0 saturated heterocycles. The molecule has 0 fully saturated rings. The second-order valence-electron chi connectivity index (χ2n) is 5.66. The van der Waals surface area contributed by atoms with Crippen molar-refractivity contribution in [1.29, 1.82) is 0 Å². The third-order valence-electron chi connectivity index (χ3n) is 3.71. The molecule has 1 atom stereocenters. The predicted octanol–water partition coefficient (Wildman–Crippen LogP) is 4.81. The van der Waals surface area contributed by atoms with Gasteiger partial charge in [-0.1, -0.05) is 25.4 Å². The molecule has 2 aromatic rings. The summed E-state index contributed by atoms with van der Waals surface area (Å²) < 4.78 is 27.8. The Balaban J connectivity index is 2.28. The maximum atomic E-state index is 13.9. The lowest BCUT2D eigenvalue weighted by atomic mass is 10.1. The molecular formula is C17H19ClF2N2. The van der Waals surface area contributed by atoms with Gasteiger partial charge < -0.3 is 5.32 Å². The number of aromatic nitrogens is 1. The number of hydrogen-bond acceptors (Lipinski definition) is 2. The van der Waals surface area contributed by atoms with E-state index < -0.39 is 11.6 Å². The van der Waals surface area contributed by atoms with Crippen LogP contribution in [0.5, 0.6) is 0 Å².